The van der Waals surface area contributed by atoms with E-state index in [1.807, 2.05) is 26.1 Å². The Morgan fingerprint density at radius 3 is 2.95 bits per heavy atom. The molecular weight excluding hydrogens is 269 g/mol. The lowest BCUT2D eigenvalue weighted by Gasteiger charge is -2.40. The summed E-state index contributed by atoms with van der Waals surface area (Å²) in [6.45, 7) is 4.19. The Bertz CT molecular complexity index is 500. The predicted octanol–water partition coefficient (Wildman–Crippen LogP) is 2.98. The second-order valence-corrected chi connectivity index (χ2v) is 6.38. The lowest BCUT2D eigenvalue weighted by atomic mass is 9.78. The zero-order chi connectivity index (χ0) is 14.9. The Hall–Kier alpha value is -0.970. The van der Waals surface area contributed by atoms with Gasteiger partial charge in [-0.15, -0.1) is 0 Å². The fourth-order valence-corrected chi connectivity index (χ4v) is 3.76. The van der Waals surface area contributed by atoms with Crippen molar-refractivity contribution in [2.24, 2.45) is 5.92 Å². The van der Waals surface area contributed by atoms with Crippen LogP contribution >= 0.6 is 0 Å². The van der Waals surface area contributed by atoms with E-state index < -0.39 is 0 Å². The van der Waals surface area contributed by atoms with E-state index in [0.717, 1.165) is 43.6 Å². The van der Waals surface area contributed by atoms with Crippen molar-refractivity contribution in [3.05, 3.63) is 35.1 Å². The van der Waals surface area contributed by atoms with Gasteiger partial charge in [0.15, 0.2) is 0 Å². The highest BCUT2D eigenvalue weighted by molar-refractivity contribution is 5.27. The molecule has 2 heterocycles. The van der Waals surface area contributed by atoms with Gasteiger partial charge in [-0.05, 0) is 38.8 Å². The van der Waals surface area contributed by atoms with E-state index in [0.29, 0.717) is 12.5 Å². The second-order valence-electron chi connectivity index (χ2n) is 6.38. The molecule has 1 spiro atoms. The molecule has 0 aromatic heterocycles. The standard InChI is InChI=1S/C17H24FNO2/c1-12-3-4-15(18)14(9-12)16(19-2)13-5-7-21-17(10-13)6-8-20-11-17/h3-4,9,13,16,19H,5-8,10-11H2,1-2H3. The first-order valence-corrected chi connectivity index (χ1v) is 7.79. The van der Waals surface area contributed by atoms with Crippen molar-refractivity contribution in [1.82, 2.24) is 5.32 Å². The van der Waals surface area contributed by atoms with Crippen LogP contribution in [0.3, 0.4) is 0 Å². The third kappa shape index (κ3) is 2.98. The highest BCUT2D eigenvalue weighted by Crippen LogP contribution is 2.41. The van der Waals surface area contributed by atoms with Gasteiger partial charge in [-0.1, -0.05) is 17.7 Å². The van der Waals surface area contributed by atoms with Crippen LogP contribution in [0.25, 0.3) is 0 Å². The summed E-state index contributed by atoms with van der Waals surface area (Å²) in [7, 11) is 1.92. The molecule has 116 valence electrons. The van der Waals surface area contributed by atoms with Gasteiger partial charge in [-0.2, -0.15) is 0 Å². The normalized spacial score (nSPS) is 30.7. The molecule has 1 aromatic rings. The molecule has 2 saturated heterocycles. The van der Waals surface area contributed by atoms with Gasteiger partial charge in [-0.3, -0.25) is 0 Å². The molecule has 3 atom stereocenters. The number of nitrogens with one attached hydrogen (secondary N) is 1. The van der Waals surface area contributed by atoms with Gasteiger partial charge in [0.25, 0.3) is 0 Å². The summed E-state index contributed by atoms with van der Waals surface area (Å²) in [5.41, 5.74) is 1.73. The summed E-state index contributed by atoms with van der Waals surface area (Å²) in [6.07, 6.45) is 2.85. The Morgan fingerprint density at radius 2 is 2.24 bits per heavy atom. The maximum atomic E-state index is 14.2. The van der Waals surface area contributed by atoms with Gasteiger partial charge >= 0.3 is 0 Å². The number of benzene rings is 1. The number of halogens is 1. The molecular formula is C17H24FNO2. The van der Waals surface area contributed by atoms with Crippen LogP contribution in [0.5, 0.6) is 0 Å². The molecule has 0 aliphatic carbocycles. The Balaban J connectivity index is 1.84. The van der Waals surface area contributed by atoms with Crippen LogP contribution in [0.15, 0.2) is 18.2 Å². The monoisotopic (exact) mass is 293 g/mol. The van der Waals surface area contributed by atoms with Gasteiger partial charge in [0, 0.05) is 31.2 Å². The van der Waals surface area contributed by atoms with Crippen LogP contribution in [0.2, 0.25) is 0 Å². The van der Waals surface area contributed by atoms with E-state index in [4.69, 9.17) is 9.47 Å². The number of rotatable bonds is 3. The van der Waals surface area contributed by atoms with Crippen LogP contribution in [0, 0.1) is 18.7 Å². The molecule has 0 radical (unpaired) electrons. The molecule has 3 unspecified atom stereocenters. The van der Waals surface area contributed by atoms with Crippen molar-refractivity contribution in [3.63, 3.8) is 0 Å². The molecule has 0 saturated carbocycles. The van der Waals surface area contributed by atoms with E-state index in [1.165, 1.54) is 0 Å². The third-order valence-corrected chi connectivity index (χ3v) is 4.87. The first kappa shape index (κ1) is 14.9. The summed E-state index contributed by atoms with van der Waals surface area (Å²) in [5, 5.41) is 3.33. The molecule has 21 heavy (non-hydrogen) atoms. The minimum atomic E-state index is -0.141. The third-order valence-electron chi connectivity index (χ3n) is 4.87. The first-order valence-electron chi connectivity index (χ1n) is 7.79. The van der Waals surface area contributed by atoms with Crippen molar-refractivity contribution in [2.75, 3.05) is 26.9 Å². The molecule has 2 aliphatic rings. The van der Waals surface area contributed by atoms with Crippen molar-refractivity contribution in [3.8, 4) is 0 Å². The van der Waals surface area contributed by atoms with Gasteiger partial charge in [0.2, 0.25) is 0 Å². The largest absolute Gasteiger partial charge is 0.378 e. The fraction of sp³-hybridized carbons (Fsp3) is 0.647. The smallest absolute Gasteiger partial charge is 0.128 e. The molecule has 2 aliphatic heterocycles. The highest BCUT2D eigenvalue weighted by Gasteiger charge is 2.43. The van der Waals surface area contributed by atoms with Crippen molar-refractivity contribution < 1.29 is 13.9 Å². The van der Waals surface area contributed by atoms with E-state index in [9.17, 15) is 4.39 Å². The summed E-state index contributed by atoms with van der Waals surface area (Å²) >= 11 is 0. The van der Waals surface area contributed by atoms with Crippen LogP contribution in [0.1, 0.15) is 36.4 Å². The van der Waals surface area contributed by atoms with E-state index in [-0.39, 0.29) is 17.5 Å². The average molecular weight is 293 g/mol. The maximum absolute atomic E-state index is 14.2. The van der Waals surface area contributed by atoms with E-state index in [1.54, 1.807) is 6.07 Å². The molecule has 3 nitrogen and oxygen atoms in total. The molecule has 1 aromatic carbocycles. The van der Waals surface area contributed by atoms with Crippen LogP contribution in [-0.4, -0.2) is 32.5 Å². The summed E-state index contributed by atoms with van der Waals surface area (Å²) in [4.78, 5) is 0. The molecule has 0 amide bonds. The first-order chi connectivity index (χ1) is 10.1. The minimum absolute atomic E-state index is 0.0336. The molecule has 4 heteroatoms. The number of hydrogen-bond donors (Lipinski definition) is 1. The summed E-state index contributed by atoms with van der Waals surface area (Å²) < 4.78 is 25.8. The topological polar surface area (TPSA) is 30.5 Å². The number of aryl methyl sites for hydroxylation is 1. The van der Waals surface area contributed by atoms with Crippen molar-refractivity contribution in [1.29, 1.82) is 0 Å². The Morgan fingerprint density at radius 1 is 1.38 bits per heavy atom. The summed E-state index contributed by atoms with van der Waals surface area (Å²) in [5.74, 6) is 0.255. The second kappa shape index (κ2) is 6.03. The lowest BCUT2D eigenvalue weighted by Crippen LogP contribution is -2.43. The zero-order valence-corrected chi connectivity index (χ0v) is 12.8. The van der Waals surface area contributed by atoms with Gasteiger partial charge in [-0.25, -0.2) is 4.39 Å². The van der Waals surface area contributed by atoms with Crippen LogP contribution in [0.4, 0.5) is 4.39 Å². The van der Waals surface area contributed by atoms with Crippen LogP contribution in [-0.2, 0) is 9.47 Å². The van der Waals surface area contributed by atoms with Crippen molar-refractivity contribution in [2.45, 2.75) is 37.8 Å². The van der Waals surface area contributed by atoms with Crippen LogP contribution < -0.4 is 5.32 Å². The minimum Gasteiger partial charge on any atom is -0.378 e. The number of hydrogen-bond acceptors (Lipinski definition) is 3. The summed E-state index contributed by atoms with van der Waals surface area (Å²) in [6, 6.07) is 5.39. The van der Waals surface area contributed by atoms with Gasteiger partial charge < -0.3 is 14.8 Å². The van der Waals surface area contributed by atoms with Gasteiger partial charge in [0.05, 0.1) is 12.2 Å². The average Bonchev–Trinajstić information content (AvgIpc) is 2.91. The number of ether oxygens (including phenoxy) is 2. The zero-order valence-electron chi connectivity index (χ0n) is 12.8. The highest BCUT2D eigenvalue weighted by atomic mass is 19.1. The Labute approximate surface area is 125 Å². The SMILES string of the molecule is CNC(c1cc(C)ccc1F)C1CCOC2(CCOC2)C1. The molecule has 2 fully saturated rings. The quantitative estimate of drug-likeness (QED) is 0.929. The van der Waals surface area contributed by atoms with Gasteiger partial charge in [0.1, 0.15) is 5.82 Å². The predicted molar refractivity (Wildman–Crippen MR) is 79.8 cm³/mol. The Kier molecular flexibility index (Phi) is 4.29. The fourth-order valence-electron chi connectivity index (χ4n) is 3.76. The molecule has 1 N–H and O–H groups in total. The van der Waals surface area contributed by atoms with Crippen molar-refractivity contribution >= 4 is 0 Å². The van der Waals surface area contributed by atoms with E-state index in [2.05, 4.69) is 5.32 Å². The molecule has 0 bridgehead atoms. The molecule has 3 rings (SSSR count). The lowest BCUT2D eigenvalue weighted by molar-refractivity contribution is -0.103. The maximum Gasteiger partial charge on any atom is 0.128 e. The van der Waals surface area contributed by atoms with E-state index >= 15 is 0 Å².